The van der Waals surface area contributed by atoms with Crippen molar-refractivity contribution in [2.24, 2.45) is 0 Å². The van der Waals surface area contributed by atoms with Crippen molar-refractivity contribution < 1.29 is 9.53 Å². The van der Waals surface area contributed by atoms with Gasteiger partial charge in [-0.2, -0.15) is 5.10 Å². The summed E-state index contributed by atoms with van der Waals surface area (Å²) in [4.78, 5) is 17.1. The lowest BCUT2D eigenvalue weighted by Gasteiger charge is -2.11. The van der Waals surface area contributed by atoms with Crippen molar-refractivity contribution in [3.05, 3.63) is 52.8 Å². The van der Waals surface area contributed by atoms with Crippen molar-refractivity contribution in [2.45, 2.75) is 26.2 Å². The van der Waals surface area contributed by atoms with Crippen LogP contribution in [0.4, 0.5) is 0 Å². The van der Waals surface area contributed by atoms with Gasteiger partial charge in [0.25, 0.3) is 5.91 Å². The summed E-state index contributed by atoms with van der Waals surface area (Å²) in [5.74, 6) is -0.132. The van der Waals surface area contributed by atoms with Crippen LogP contribution in [0.15, 0.2) is 36.5 Å². The van der Waals surface area contributed by atoms with E-state index < -0.39 is 0 Å². The number of rotatable bonds is 8. The summed E-state index contributed by atoms with van der Waals surface area (Å²) >= 11 is 5.97. The van der Waals surface area contributed by atoms with Gasteiger partial charge in [0.05, 0.1) is 17.0 Å². The number of carbonyl (C=O) groups excluding carboxylic acids is 1. The van der Waals surface area contributed by atoms with E-state index in [0.717, 1.165) is 41.9 Å². The number of benzene rings is 1. The van der Waals surface area contributed by atoms with Crippen LogP contribution in [-0.2, 0) is 11.2 Å². The summed E-state index contributed by atoms with van der Waals surface area (Å²) in [6, 6.07) is 9.43. The molecule has 0 saturated heterocycles. The highest BCUT2D eigenvalue weighted by atomic mass is 35.5. The maximum absolute atomic E-state index is 12.6. The fourth-order valence-electron chi connectivity index (χ4n) is 2.92. The summed E-state index contributed by atoms with van der Waals surface area (Å²) in [5, 5.41) is 8.30. The minimum Gasteiger partial charge on any atom is -0.385 e. The van der Waals surface area contributed by atoms with E-state index in [-0.39, 0.29) is 5.91 Å². The summed E-state index contributed by atoms with van der Waals surface area (Å²) in [6.45, 7) is 3.25. The molecular formula is C20H23ClN4O2. The molecule has 0 aliphatic carbocycles. The van der Waals surface area contributed by atoms with E-state index in [9.17, 15) is 4.79 Å². The maximum Gasteiger partial charge on any atom is 0.254 e. The third-order valence-electron chi connectivity index (χ3n) is 4.27. The molecule has 1 N–H and O–H groups in total. The lowest BCUT2D eigenvalue weighted by Crippen LogP contribution is -2.27. The molecule has 1 amide bonds. The zero-order valence-electron chi connectivity index (χ0n) is 15.5. The van der Waals surface area contributed by atoms with E-state index in [1.807, 2.05) is 30.3 Å². The minimum atomic E-state index is -0.132. The monoisotopic (exact) mass is 386 g/mol. The first kappa shape index (κ1) is 19.3. The largest absolute Gasteiger partial charge is 0.385 e. The molecule has 1 aromatic carbocycles. The molecule has 2 aromatic heterocycles. The van der Waals surface area contributed by atoms with Crippen LogP contribution in [0.25, 0.3) is 16.9 Å². The fourth-order valence-corrected chi connectivity index (χ4v) is 3.05. The molecule has 0 aliphatic heterocycles. The van der Waals surface area contributed by atoms with Crippen molar-refractivity contribution in [1.82, 2.24) is 19.9 Å². The van der Waals surface area contributed by atoms with Gasteiger partial charge in [-0.3, -0.25) is 4.79 Å². The molecule has 7 heteroatoms. The SMILES string of the molecule is CCCc1c(C(=O)NCCCOC)cnc2cc(-c3ccc(Cl)cc3)nn12. The zero-order chi connectivity index (χ0) is 19.2. The van der Waals surface area contributed by atoms with Crippen LogP contribution in [-0.4, -0.2) is 40.8 Å². The lowest BCUT2D eigenvalue weighted by molar-refractivity contribution is 0.0946. The Morgan fingerprint density at radius 3 is 2.78 bits per heavy atom. The number of halogens is 1. The molecule has 27 heavy (non-hydrogen) atoms. The number of hydrogen-bond acceptors (Lipinski definition) is 4. The number of aromatic nitrogens is 3. The highest BCUT2D eigenvalue weighted by Gasteiger charge is 2.17. The summed E-state index contributed by atoms with van der Waals surface area (Å²) in [5.41, 5.74) is 3.91. The Labute approximate surface area is 163 Å². The van der Waals surface area contributed by atoms with Gasteiger partial charge in [-0.25, -0.2) is 9.50 Å². The number of ether oxygens (including phenoxy) is 1. The van der Waals surface area contributed by atoms with E-state index in [2.05, 4.69) is 17.2 Å². The second-order valence-electron chi connectivity index (χ2n) is 6.28. The van der Waals surface area contributed by atoms with Crippen molar-refractivity contribution in [1.29, 1.82) is 0 Å². The first-order valence-corrected chi connectivity index (χ1v) is 9.42. The van der Waals surface area contributed by atoms with Gasteiger partial charge in [0, 0.05) is 43.1 Å². The standard InChI is InChI=1S/C20H23ClN4O2/c1-3-5-18-16(20(26)22-10-4-11-27-2)13-23-19-12-17(24-25(18)19)14-6-8-15(21)9-7-14/h6-9,12-13H,3-5,10-11H2,1-2H3,(H,22,26). The molecule has 0 unspecified atom stereocenters. The summed E-state index contributed by atoms with van der Waals surface area (Å²) in [6.07, 6.45) is 4.05. The number of hydrogen-bond donors (Lipinski definition) is 1. The van der Waals surface area contributed by atoms with Crippen LogP contribution >= 0.6 is 11.6 Å². The Bertz CT molecular complexity index is 922. The molecule has 6 nitrogen and oxygen atoms in total. The summed E-state index contributed by atoms with van der Waals surface area (Å²) < 4.78 is 6.79. The van der Waals surface area contributed by atoms with E-state index in [0.29, 0.717) is 23.7 Å². The molecule has 3 rings (SSSR count). The number of amides is 1. The third-order valence-corrected chi connectivity index (χ3v) is 4.52. The Kier molecular flexibility index (Phi) is 6.42. The topological polar surface area (TPSA) is 68.5 Å². The van der Waals surface area contributed by atoms with Gasteiger partial charge in [0.2, 0.25) is 0 Å². The predicted molar refractivity (Wildman–Crippen MR) is 106 cm³/mol. The maximum atomic E-state index is 12.6. The first-order valence-electron chi connectivity index (χ1n) is 9.04. The molecule has 0 bridgehead atoms. The van der Waals surface area contributed by atoms with Gasteiger partial charge in [0.1, 0.15) is 0 Å². The Hall–Kier alpha value is -2.44. The highest BCUT2D eigenvalue weighted by molar-refractivity contribution is 6.30. The zero-order valence-corrected chi connectivity index (χ0v) is 16.3. The number of methoxy groups -OCH3 is 1. The quantitative estimate of drug-likeness (QED) is 0.598. The van der Waals surface area contributed by atoms with Crippen LogP contribution in [0.3, 0.4) is 0 Å². The Morgan fingerprint density at radius 2 is 2.07 bits per heavy atom. The van der Waals surface area contributed by atoms with Crippen LogP contribution in [0, 0.1) is 0 Å². The average Bonchev–Trinajstić information content (AvgIpc) is 3.11. The second-order valence-corrected chi connectivity index (χ2v) is 6.71. The molecule has 0 fully saturated rings. The van der Waals surface area contributed by atoms with Gasteiger partial charge >= 0.3 is 0 Å². The van der Waals surface area contributed by atoms with Crippen LogP contribution in [0.2, 0.25) is 5.02 Å². The van der Waals surface area contributed by atoms with Gasteiger partial charge in [-0.15, -0.1) is 0 Å². The number of fused-ring (bicyclic) bond motifs is 1. The number of carbonyl (C=O) groups is 1. The highest BCUT2D eigenvalue weighted by Crippen LogP contribution is 2.23. The molecule has 0 saturated carbocycles. The lowest BCUT2D eigenvalue weighted by atomic mass is 10.1. The normalized spacial score (nSPS) is 11.1. The average molecular weight is 387 g/mol. The van der Waals surface area contributed by atoms with E-state index in [1.165, 1.54) is 0 Å². The molecule has 3 aromatic rings. The third kappa shape index (κ3) is 4.46. The van der Waals surface area contributed by atoms with E-state index in [1.54, 1.807) is 17.8 Å². The molecule has 0 radical (unpaired) electrons. The molecule has 142 valence electrons. The molecule has 0 aliphatic rings. The smallest absolute Gasteiger partial charge is 0.254 e. The molecule has 0 atom stereocenters. The van der Waals surface area contributed by atoms with Gasteiger partial charge < -0.3 is 10.1 Å². The predicted octanol–water partition coefficient (Wildman–Crippen LogP) is 3.77. The number of nitrogens with one attached hydrogen (secondary N) is 1. The van der Waals surface area contributed by atoms with Crippen molar-refractivity contribution in [3.63, 3.8) is 0 Å². The van der Waals surface area contributed by atoms with Gasteiger partial charge in [-0.1, -0.05) is 37.1 Å². The minimum absolute atomic E-state index is 0.132. The van der Waals surface area contributed by atoms with Crippen LogP contribution in [0.1, 0.15) is 35.8 Å². The van der Waals surface area contributed by atoms with Crippen LogP contribution in [0.5, 0.6) is 0 Å². The van der Waals surface area contributed by atoms with E-state index >= 15 is 0 Å². The first-order chi connectivity index (χ1) is 13.1. The molecule has 0 spiro atoms. The van der Waals surface area contributed by atoms with Gasteiger partial charge in [-0.05, 0) is 25.0 Å². The van der Waals surface area contributed by atoms with Crippen molar-refractivity contribution in [2.75, 3.05) is 20.3 Å². The number of aryl methyl sites for hydroxylation is 1. The Balaban J connectivity index is 1.94. The van der Waals surface area contributed by atoms with Crippen molar-refractivity contribution >= 4 is 23.2 Å². The summed E-state index contributed by atoms with van der Waals surface area (Å²) in [7, 11) is 1.65. The molecule has 2 heterocycles. The molecular weight excluding hydrogens is 364 g/mol. The Morgan fingerprint density at radius 1 is 1.30 bits per heavy atom. The second kappa shape index (κ2) is 8.97. The van der Waals surface area contributed by atoms with Crippen LogP contribution < -0.4 is 5.32 Å². The van der Waals surface area contributed by atoms with Gasteiger partial charge in [0.15, 0.2) is 5.65 Å². The fraction of sp³-hybridized carbons (Fsp3) is 0.350. The van der Waals surface area contributed by atoms with Crippen molar-refractivity contribution in [3.8, 4) is 11.3 Å². The number of nitrogens with zero attached hydrogens (tertiary/aromatic N) is 3. The van der Waals surface area contributed by atoms with E-state index in [4.69, 9.17) is 21.4 Å².